The van der Waals surface area contributed by atoms with Gasteiger partial charge in [-0.15, -0.1) is 10.2 Å². The second kappa shape index (κ2) is 6.91. The van der Waals surface area contributed by atoms with Crippen molar-refractivity contribution in [2.75, 3.05) is 0 Å². The van der Waals surface area contributed by atoms with E-state index in [1.807, 2.05) is 37.3 Å². The van der Waals surface area contributed by atoms with Gasteiger partial charge in [0.25, 0.3) is 5.56 Å². The molecule has 0 spiro atoms. The quantitative estimate of drug-likeness (QED) is 0.850. The molecule has 142 valence electrons. The summed E-state index contributed by atoms with van der Waals surface area (Å²) in [5.41, 5.74) is 0.465. The summed E-state index contributed by atoms with van der Waals surface area (Å²) < 4.78 is 0. The molecule has 0 radical (unpaired) electrons. The Morgan fingerprint density at radius 2 is 2.07 bits per heavy atom. The van der Waals surface area contributed by atoms with Gasteiger partial charge in [-0.1, -0.05) is 50.6 Å². The van der Waals surface area contributed by atoms with Crippen LogP contribution in [0.5, 0.6) is 0 Å². The topological polar surface area (TPSA) is 87.7 Å². The zero-order chi connectivity index (χ0) is 19.0. The van der Waals surface area contributed by atoms with Crippen molar-refractivity contribution in [3.63, 3.8) is 0 Å². The second-order valence-corrected chi connectivity index (χ2v) is 8.19. The smallest absolute Gasteiger partial charge is 0.275 e. The normalized spacial score (nSPS) is 27.5. The molecule has 1 heterocycles. The highest BCUT2D eigenvalue weighted by atomic mass is 16.2. The van der Waals surface area contributed by atoms with E-state index >= 15 is 0 Å². The molecule has 4 unspecified atom stereocenters. The van der Waals surface area contributed by atoms with E-state index in [4.69, 9.17) is 0 Å². The first-order valence-electron chi connectivity index (χ1n) is 9.84. The molecule has 6 nitrogen and oxygen atoms in total. The lowest BCUT2D eigenvalue weighted by molar-refractivity contribution is -0.133. The Hall–Kier alpha value is -2.50. The van der Waals surface area contributed by atoms with Gasteiger partial charge < -0.3 is 10.3 Å². The molecule has 1 aromatic carbocycles. The number of carbonyl (C=O) groups excluding carboxylic acids is 1. The fraction of sp³-hybridized carbons (Fsp3) is 0.524. The molecule has 2 N–H and O–H groups in total. The van der Waals surface area contributed by atoms with Gasteiger partial charge in [0.15, 0.2) is 11.5 Å². The third-order valence-corrected chi connectivity index (χ3v) is 6.49. The maximum atomic E-state index is 13.0. The van der Waals surface area contributed by atoms with Crippen LogP contribution in [0.25, 0.3) is 11.4 Å². The Morgan fingerprint density at radius 3 is 2.67 bits per heavy atom. The number of nitrogens with zero attached hydrogens (tertiary/aromatic N) is 2. The second-order valence-electron chi connectivity index (χ2n) is 8.19. The molecule has 1 amide bonds. The fourth-order valence-corrected chi connectivity index (χ4v) is 4.87. The molecule has 0 saturated heterocycles. The number of amides is 1. The van der Waals surface area contributed by atoms with Crippen LogP contribution in [-0.4, -0.2) is 21.1 Å². The lowest BCUT2D eigenvalue weighted by Gasteiger charge is -2.33. The van der Waals surface area contributed by atoms with Crippen LogP contribution in [0.3, 0.4) is 0 Å². The Kier molecular flexibility index (Phi) is 4.58. The number of rotatable bonds is 5. The number of aromatic amines is 1. The summed E-state index contributed by atoms with van der Waals surface area (Å²) in [6, 6.07) is 8.99. The minimum Gasteiger partial charge on any atom is -0.347 e. The van der Waals surface area contributed by atoms with Gasteiger partial charge in [-0.3, -0.25) is 9.59 Å². The summed E-state index contributed by atoms with van der Waals surface area (Å²) in [7, 11) is 0. The van der Waals surface area contributed by atoms with Gasteiger partial charge >= 0.3 is 0 Å². The average Bonchev–Trinajstić information content (AvgIpc) is 3.28. The highest BCUT2D eigenvalue weighted by molar-refractivity contribution is 5.83. The molecule has 2 aliphatic rings. The molecule has 2 aromatic rings. The van der Waals surface area contributed by atoms with E-state index in [0.29, 0.717) is 24.1 Å². The molecule has 4 rings (SSSR count). The van der Waals surface area contributed by atoms with Crippen LogP contribution in [-0.2, 0) is 4.79 Å². The molecule has 2 bridgehead atoms. The first-order chi connectivity index (χ1) is 13.0. The summed E-state index contributed by atoms with van der Waals surface area (Å²) in [5.74, 6) is 1.63. The summed E-state index contributed by atoms with van der Waals surface area (Å²) in [6.45, 7) is 4.02. The zero-order valence-corrected chi connectivity index (χ0v) is 15.9. The number of benzene rings is 1. The van der Waals surface area contributed by atoms with Gasteiger partial charge in [-0.2, -0.15) is 0 Å². The molecule has 2 fully saturated rings. The lowest BCUT2D eigenvalue weighted by atomic mass is 9.74. The van der Waals surface area contributed by atoms with Crippen molar-refractivity contribution in [2.24, 2.45) is 17.3 Å². The highest BCUT2D eigenvalue weighted by Gasteiger charge is 2.52. The molecule has 4 atom stereocenters. The monoisotopic (exact) mass is 366 g/mol. The third-order valence-electron chi connectivity index (χ3n) is 6.49. The average molecular weight is 366 g/mol. The Bertz CT molecular complexity index is 895. The van der Waals surface area contributed by atoms with Crippen LogP contribution in [0.2, 0.25) is 0 Å². The van der Waals surface area contributed by atoms with Gasteiger partial charge in [-0.05, 0) is 37.5 Å². The Labute approximate surface area is 158 Å². The standard InChI is InChI=1S/C21H26N4O2/c1-3-16(22-20(27)21(2)12-13-9-10-15(21)11-13)17-19(26)23-18(25-24-17)14-7-5-4-6-8-14/h4-8,13,15-16H,3,9-12H2,1-2H3,(H,22,27)(H,23,25,26). The molecule has 2 aliphatic carbocycles. The minimum atomic E-state index is -0.422. The molecular weight excluding hydrogens is 340 g/mol. The number of H-pyrrole nitrogens is 1. The van der Waals surface area contributed by atoms with Crippen LogP contribution in [0.1, 0.15) is 57.7 Å². The van der Waals surface area contributed by atoms with E-state index in [0.717, 1.165) is 24.8 Å². The largest absolute Gasteiger partial charge is 0.347 e. The van der Waals surface area contributed by atoms with E-state index in [2.05, 4.69) is 27.4 Å². The van der Waals surface area contributed by atoms with Gasteiger partial charge in [0, 0.05) is 11.0 Å². The van der Waals surface area contributed by atoms with Gasteiger partial charge in [-0.25, -0.2) is 0 Å². The maximum Gasteiger partial charge on any atom is 0.275 e. The number of hydrogen-bond donors (Lipinski definition) is 2. The van der Waals surface area contributed by atoms with Crippen LogP contribution in [0, 0.1) is 17.3 Å². The van der Waals surface area contributed by atoms with Crippen LogP contribution < -0.4 is 10.9 Å². The number of hydrogen-bond acceptors (Lipinski definition) is 4. The fourth-order valence-electron chi connectivity index (χ4n) is 4.87. The summed E-state index contributed by atoms with van der Waals surface area (Å²) in [5, 5.41) is 11.4. The lowest BCUT2D eigenvalue weighted by Crippen LogP contribution is -2.45. The van der Waals surface area contributed by atoms with Crippen molar-refractivity contribution in [1.82, 2.24) is 20.5 Å². The van der Waals surface area contributed by atoms with Gasteiger partial charge in [0.05, 0.1) is 6.04 Å². The first kappa shape index (κ1) is 17.9. The molecule has 27 heavy (non-hydrogen) atoms. The number of nitrogens with one attached hydrogen (secondary N) is 2. The number of fused-ring (bicyclic) bond motifs is 2. The third kappa shape index (κ3) is 3.17. The molecular formula is C21H26N4O2. The molecule has 1 aromatic heterocycles. The molecule has 0 aliphatic heterocycles. The Morgan fingerprint density at radius 1 is 1.30 bits per heavy atom. The molecule has 6 heteroatoms. The van der Waals surface area contributed by atoms with Crippen LogP contribution in [0.4, 0.5) is 0 Å². The van der Waals surface area contributed by atoms with Crippen molar-refractivity contribution in [1.29, 1.82) is 0 Å². The predicted octanol–water partition coefficient (Wildman–Crippen LogP) is 3.23. The highest BCUT2D eigenvalue weighted by Crippen LogP contribution is 2.55. The van der Waals surface area contributed by atoms with Crippen molar-refractivity contribution >= 4 is 5.91 Å². The number of aromatic nitrogens is 3. The van der Waals surface area contributed by atoms with Crippen molar-refractivity contribution < 1.29 is 4.79 Å². The van der Waals surface area contributed by atoms with Gasteiger partial charge in [0.1, 0.15) is 0 Å². The first-order valence-corrected chi connectivity index (χ1v) is 9.84. The van der Waals surface area contributed by atoms with Crippen molar-refractivity contribution in [3.8, 4) is 11.4 Å². The van der Waals surface area contributed by atoms with Crippen molar-refractivity contribution in [3.05, 3.63) is 46.4 Å². The van der Waals surface area contributed by atoms with Crippen LogP contribution >= 0.6 is 0 Å². The number of carbonyl (C=O) groups is 1. The summed E-state index contributed by atoms with van der Waals surface area (Å²) >= 11 is 0. The van der Waals surface area contributed by atoms with E-state index in [9.17, 15) is 9.59 Å². The van der Waals surface area contributed by atoms with Crippen molar-refractivity contribution in [2.45, 2.75) is 52.0 Å². The minimum absolute atomic E-state index is 0.0508. The zero-order valence-electron chi connectivity index (χ0n) is 15.9. The van der Waals surface area contributed by atoms with E-state index in [1.165, 1.54) is 6.42 Å². The van der Waals surface area contributed by atoms with Crippen LogP contribution in [0.15, 0.2) is 35.1 Å². The van der Waals surface area contributed by atoms with Gasteiger partial charge in [0.2, 0.25) is 5.91 Å². The summed E-state index contributed by atoms with van der Waals surface area (Å²) in [6.07, 6.45) is 5.09. The maximum absolute atomic E-state index is 13.0. The predicted molar refractivity (Wildman–Crippen MR) is 103 cm³/mol. The summed E-state index contributed by atoms with van der Waals surface area (Å²) in [4.78, 5) is 28.4. The van der Waals surface area contributed by atoms with E-state index < -0.39 is 6.04 Å². The SMILES string of the molecule is CCC(NC(=O)C1(C)CC2CCC1C2)c1nnc(-c2ccccc2)[nH]c1=O. The van der Waals surface area contributed by atoms with E-state index in [-0.39, 0.29) is 22.6 Å². The molecule has 2 saturated carbocycles. The Balaban J connectivity index is 1.54. The van der Waals surface area contributed by atoms with E-state index in [1.54, 1.807) is 0 Å².